The Morgan fingerprint density at radius 1 is 0.934 bits per heavy atom. The number of nitrogens with zero attached hydrogens (tertiary/aromatic N) is 8. The molecule has 14 nitrogen and oxygen atoms in total. The molecule has 20 heteroatoms. The van der Waals surface area contributed by atoms with Gasteiger partial charge in [0.1, 0.15) is 30.6 Å². The lowest BCUT2D eigenvalue weighted by molar-refractivity contribution is -0.140. The summed E-state index contributed by atoms with van der Waals surface area (Å²) in [5.74, 6) is 7.41. The Labute approximate surface area is 450 Å². The predicted molar refractivity (Wildman–Crippen MR) is 298 cm³/mol. The van der Waals surface area contributed by atoms with Gasteiger partial charge in [0.15, 0.2) is 5.82 Å². The maximum absolute atomic E-state index is 13.9. The molecule has 76 heavy (non-hydrogen) atoms. The van der Waals surface area contributed by atoms with Crippen LogP contribution in [0.5, 0.6) is 0 Å². The van der Waals surface area contributed by atoms with Crippen molar-refractivity contribution in [1.29, 1.82) is 0 Å². The van der Waals surface area contributed by atoms with Crippen molar-refractivity contribution in [1.82, 2.24) is 39.3 Å². The van der Waals surface area contributed by atoms with Crippen LogP contribution in [0.2, 0.25) is 5.02 Å². The number of aliphatic imine (C=N–C) groups is 1. The third-order valence-electron chi connectivity index (χ3n) is 15.5. The van der Waals surface area contributed by atoms with Gasteiger partial charge in [-0.15, -0.1) is 21.5 Å². The molecular formula is C56H64ClF3N11O3PS. The number of fused-ring (bicyclic) bond motifs is 4. The van der Waals surface area contributed by atoms with Gasteiger partial charge in [-0.05, 0) is 131 Å². The first-order chi connectivity index (χ1) is 36.3. The van der Waals surface area contributed by atoms with Crippen LogP contribution in [0.4, 0.5) is 24.5 Å². The zero-order valence-electron chi connectivity index (χ0n) is 43.6. The van der Waals surface area contributed by atoms with Crippen LogP contribution in [0.25, 0.3) is 15.9 Å². The van der Waals surface area contributed by atoms with Crippen LogP contribution in [0.1, 0.15) is 77.1 Å². The minimum absolute atomic E-state index is 0.0907. The number of aryl methyl sites for hydroxylation is 2. The minimum atomic E-state index is -4.44. The van der Waals surface area contributed by atoms with Gasteiger partial charge in [0, 0.05) is 101 Å². The molecule has 1 spiro atoms. The quantitative estimate of drug-likeness (QED) is 0.0719. The highest BCUT2D eigenvalue weighted by Gasteiger charge is 2.45. The lowest BCUT2D eigenvalue weighted by atomic mass is 9.72. The highest BCUT2D eigenvalue weighted by atomic mass is 35.5. The lowest BCUT2D eigenvalue weighted by Gasteiger charge is -2.54. The predicted octanol–water partition coefficient (Wildman–Crippen LogP) is 9.04. The lowest BCUT2D eigenvalue weighted by Crippen LogP contribution is -2.62. The number of amides is 2. The minimum Gasteiger partial charge on any atom is -0.382 e. The second-order valence-corrected chi connectivity index (χ2v) is 26.1. The highest BCUT2D eigenvalue weighted by Crippen LogP contribution is 2.42. The van der Waals surface area contributed by atoms with Crippen molar-refractivity contribution in [3.63, 3.8) is 0 Å². The second-order valence-electron chi connectivity index (χ2n) is 21.3. The van der Waals surface area contributed by atoms with E-state index in [2.05, 4.69) is 66.2 Å². The van der Waals surface area contributed by atoms with Gasteiger partial charge in [0.25, 0.3) is 0 Å². The largest absolute Gasteiger partial charge is 0.406 e. The maximum atomic E-state index is 13.9. The molecule has 3 aromatic carbocycles. The smallest absolute Gasteiger partial charge is 0.382 e. The number of nitrogens with one attached hydrogen (secondary N) is 3. The first kappa shape index (κ1) is 53.4. The molecule has 4 aliphatic rings. The number of carbonyl (C=O) groups excluding carboxylic acids is 2. The molecule has 2 amide bonds. The van der Waals surface area contributed by atoms with Crippen LogP contribution in [-0.2, 0) is 20.7 Å². The zero-order valence-corrected chi connectivity index (χ0v) is 46.0. The van der Waals surface area contributed by atoms with E-state index in [-0.39, 0.29) is 41.9 Å². The fourth-order valence-corrected chi connectivity index (χ4v) is 13.4. The molecular weight excluding hydrogens is 1030 g/mol. The van der Waals surface area contributed by atoms with Crippen molar-refractivity contribution >= 4 is 75.2 Å². The van der Waals surface area contributed by atoms with Gasteiger partial charge in [-0.25, -0.2) is 0 Å². The van der Waals surface area contributed by atoms with E-state index >= 15 is 0 Å². The summed E-state index contributed by atoms with van der Waals surface area (Å²) in [5, 5.41) is 22.0. The molecule has 7 heterocycles. The number of anilines is 2. The van der Waals surface area contributed by atoms with E-state index in [0.717, 1.165) is 121 Å². The summed E-state index contributed by atoms with van der Waals surface area (Å²) >= 11 is 7.96. The Kier molecular flexibility index (Phi) is 15.3. The van der Waals surface area contributed by atoms with Gasteiger partial charge in [-0.2, -0.15) is 13.2 Å². The fourth-order valence-electron chi connectivity index (χ4n) is 11.2. The third-order valence-corrected chi connectivity index (χ3v) is 18.4. The third kappa shape index (κ3) is 11.8. The van der Waals surface area contributed by atoms with Gasteiger partial charge in [-0.3, -0.25) is 24.0 Å². The van der Waals surface area contributed by atoms with Crippen molar-refractivity contribution in [2.75, 3.05) is 89.4 Å². The molecule has 0 saturated carbocycles. The monoisotopic (exact) mass is 1090 g/mol. The van der Waals surface area contributed by atoms with E-state index in [9.17, 15) is 27.3 Å². The number of alkyl halides is 3. The Bertz CT molecular complexity index is 3270. The van der Waals surface area contributed by atoms with Crippen LogP contribution in [0, 0.1) is 38.0 Å². The van der Waals surface area contributed by atoms with Gasteiger partial charge in [-0.1, -0.05) is 35.7 Å². The molecule has 1 atom stereocenters. The first-order valence-electron chi connectivity index (χ1n) is 26.0. The zero-order chi connectivity index (χ0) is 53.5. The number of hydrogen-bond donors (Lipinski definition) is 3. The van der Waals surface area contributed by atoms with Crippen LogP contribution >= 0.6 is 30.1 Å². The van der Waals surface area contributed by atoms with Crippen LogP contribution in [-0.4, -0.2) is 143 Å². The number of thiophene rings is 1. The summed E-state index contributed by atoms with van der Waals surface area (Å²) in [4.78, 5) is 40.2. The van der Waals surface area contributed by atoms with Crippen molar-refractivity contribution in [2.24, 2.45) is 10.4 Å². The maximum Gasteiger partial charge on any atom is 0.406 e. The molecule has 6 aromatic rings. The number of aromatic nitrogens is 4. The first-order valence-corrected chi connectivity index (χ1v) is 29.8. The second kappa shape index (κ2) is 21.8. The molecule has 0 bridgehead atoms. The molecule has 3 N–H and O–H groups in total. The molecule has 10 rings (SSSR count). The van der Waals surface area contributed by atoms with E-state index in [1.54, 1.807) is 42.9 Å². The van der Waals surface area contributed by atoms with Gasteiger partial charge < -0.3 is 34.9 Å². The normalized spacial score (nSPS) is 18.0. The van der Waals surface area contributed by atoms with Crippen molar-refractivity contribution in [3.8, 4) is 16.8 Å². The Morgan fingerprint density at radius 3 is 2.36 bits per heavy atom. The van der Waals surface area contributed by atoms with E-state index < -0.39 is 25.9 Å². The van der Waals surface area contributed by atoms with E-state index in [4.69, 9.17) is 16.6 Å². The molecule has 3 fully saturated rings. The number of carbonyl (C=O) groups is 2. The molecule has 3 aromatic heterocycles. The molecule has 4 aliphatic heterocycles. The van der Waals surface area contributed by atoms with E-state index in [1.807, 2.05) is 66.4 Å². The summed E-state index contributed by atoms with van der Waals surface area (Å²) in [6.45, 7) is 15.1. The summed E-state index contributed by atoms with van der Waals surface area (Å²) in [5.41, 5.74) is 6.36. The Balaban J connectivity index is 0.669. The fraction of sp³-hybridized carbons (Fsp3) is 0.446. The number of piperidine rings is 2. The van der Waals surface area contributed by atoms with Gasteiger partial charge in [0.2, 0.25) is 11.8 Å². The number of halogens is 4. The molecule has 400 valence electrons. The molecule has 0 radical (unpaired) electrons. The molecule has 0 unspecified atom stereocenters. The summed E-state index contributed by atoms with van der Waals surface area (Å²) in [6.07, 6.45) is -0.826. The van der Waals surface area contributed by atoms with Gasteiger partial charge in [0.05, 0.1) is 36.4 Å². The summed E-state index contributed by atoms with van der Waals surface area (Å²) in [6, 6.07) is 21.6. The van der Waals surface area contributed by atoms with Crippen LogP contribution in [0.3, 0.4) is 0 Å². The van der Waals surface area contributed by atoms with Crippen LogP contribution < -0.4 is 21.3 Å². The molecule has 3 saturated heterocycles. The van der Waals surface area contributed by atoms with Crippen molar-refractivity contribution in [2.45, 2.75) is 77.7 Å². The van der Waals surface area contributed by atoms with Crippen molar-refractivity contribution < 1.29 is 27.3 Å². The van der Waals surface area contributed by atoms with E-state index in [0.29, 0.717) is 34.8 Å². The van der Waals surface area contributed by atoms with Crippen molar-refractivity contribution in [3.05, 3.63) is 117 Å². The highest BCUT2D eigenvalue weighted by molar-refractivity contribution is 7.70. The standard InChI is InChI=1S/C56H64ClF3N11O3PS/c1-36-37(2)76-54-51(36)52(39-11-13-40(57)14-12-39)64-47(53-66-65-38(3)71(53)54)31-49(72)62-24-29-68-33-55(34-68)21-27-69(28-22-55)50(73)32-67-25-19-42(20-26-67)63-46-9-6-10-48-45(46)30-43(70(48)35-56(58,59)60)8-7-23-61-41-15-17-44(18-16-41)75(4,5)74/h6,9-18,30,42,47,61,63H,19-29,31-35H2,1-5H3,(H,62,72)/t47-/m0/s1. The molecule has 0 aliphatic carbocycles. The van der Waals surface area contributed by atoms with Gasteiger partial charge >= 0.3 is 6.18 Å². The number of benzene rings is 3. The SMILES string of the molecule is Cc1sc2c(c1C)C(c1ccc(Cl)cc1)=N[C@@H](CC(=O)NCCN1CC3(CCN(C(=O)CN4CCC(Nc5cccc6c5cc(C#CCNc5ccc(P(C)(C)=O)cc5)n6CC(F)(F)F)CC4)CC3)C1)c1nnc(C)n1-2. The summed E-state index contributed by atoms with van der Waals surface area (Å²) in [7, 11) is -2.39. The number of rotatable bonds is 14. The topological polar surface area (TPSA) is 145 Å². The average Bonchev–Trinajstić information content (AvgIpc) is 3.99. The number of likely N-dealkylation sites (tertiary alicyclic amines) is 3. The van der Waals surface area contributed by atoms with Crippen LogP contribution in [0.15, 0.2) is 77.8 Å². The average molecular weight is 1090 g/mol. The Hall–Kier alpha value is -5.96. The summed E-state index contributed by atoms with van der Waals surface area (Å²) < 4.78 is 57.4. The van der Waals surface area contributed by atoms with E-state index in [1.165, 1.54) is 9.44 Å². The number of hydrogen-bond acceptors (Lipinski definition) is 11. The Morgan fingerprint density at radius 2 is 1.66 bits per heavy atom.